The van der Waals surface area contributed by atoms with E-state index in [4.69, 9.17) is 0 Å². The Kier molecular flexibility index (Phi) is 18.1. The van der Waals surface area contributed by atoms with Gasteiger partial charge in [-0.15, -0.1) is 11.3 Å². The molecule has 17 nitrogen and oxygen atoms in total. The monoisotopic (exact) mass is 954 g/mol. The van der Waals surface area contributed by atoms with Crippen LogP contribution in [0.5, 0.6) is 0 Å². The first-order valence-electron chi connectivity index (χ1n) is 22.3. The number of fused-ring (bicyclic) bond motifs is 1. The average Bonchev–Trinajstić information content (AvgIpc) is 3.82. The Hall–Kier alpha value is -5.40. The van der Waals surface area contributed by atoms with Crippen LogP contribution in [0.3, 0.4) is 0 Å². The summed E-state index contributed by atoms with van der Waals surface area (Å²) in [4.78, 5) is 97.3. The third-order valence-electron chi connectivity index (χ3n) is 11.3. The molecule has 66 heavy (non-hydrogen) atoms. The first kappa shape index (κ1) is 53.2. The predicted octanol–water partition coefficient (Wildman–Crippen LogP) is 4.41. The average molecular weight is 955 g/mol. The third kappa shape index (κ3) is 15.3. The molecule has 2 heterocycles. The number of hydrogen-bond donors (Lipinski definition) is 7. The highest BCUT2D eigenvalue weighted by Gasteiger charge is 2.48. The Morgan fingerprint density at radius 2 is 1.39 bits per heavy atom. The van der Waals surface area contributed by atoms with E-state index in [0.717, 1.165) is 15.6 Å². The standard InChI is InChI=1S/C47H66N6O11S2/c1-9-14-34(49-39(56)35(50-43(60)45(2,3)4)25-29-19-21-30(22-20-29)28-66(62,63)64)42(59)53-24-13-23-47(53,8)44(61)51-36(26-31-27-65-37-17-11-10-15-32(31)37)40(57)48-33(16-12-18-38(54)55)41(58)52-46(5,6)7/h10-11,15,17,19-22,27,33-36H,9,12-14,16,18,23-26,28H2,1-8H3,(H,48,57)(H,49,56)(H,50,60)(H,51,61)(H,52,58)(H,54,55)(H,62,63,64)/t33-,34-,35-,36-,47-/m0/s1. The molecule has 2 aromatic carbocycles. The normalized spacial score (nSPS) is 17.3. The van der Waals surface area contributed by atoms with Crippen molar-refractivity contribution in [2.24, 2.45) is 5.41 Å². The number of carbonyl (C=O) groups is 7. The van der Waals surface area contributed by atoms with Gasteiger partial charge in [0.2, 0.25) is 35.4 Å². The zero-order valence-electron chi connectivity index (χ0n) is 39.1. The fourth-order valence-corrected chi connectivity index (χ4v) is 9.34. The molecule has 3 aromatic rings. The number of carboxylic acids is 1. The zero-order chi connectivity index (χ0) is 49.2. The maximum absolute atomic E-state index is 14.7. The van der Waals surface area contributed by atoms with Crippen LogP contribution < -0.4 is 26.6 Å². The van der Waals surface area contributed by atoms with E-state index in [1.165, 1.54) is 28.4 Å². The van der Waals surface area contributed by atoms with Gasteiger partial charge in [0.25, 0.3) is 10.1 Å². The molecule has 0 saturated carbocycles. The largest absolute Gasteiger partial charge is 0.481 e. The van der Waals surface area contributed by atoms with Gasteiger partial charge in [0.1, 0.15) is 35.5 Å². The zero-order valence-corrected chi connectivity index (χ0v) is 40.7. The number of benzene rings is 2. The van der Waals surface area contributed by atoms with Gasteiger partial charge in [-0.1, -0.05) is 76.6 Å². The van der Waals surface area contributed by atoms with Crippen LogP contribution in [0.25, 0.3) is 10.1 Å². The molecule has 0 unspecified atom stereocenters. The van der Waals surface area contributed by atoms with Crippen LogP contribution in [-0.4, -0.2) is 106 Å². The van der Waals surface area contributed by atoms with E-state index in [2.05, 4.69) is 26.6 Å². The highest BCUT2D eigenvalue weighted by Crippen LogP contribution is 2.32. The lowest BCUT2D eigenvalue weighted by atomic mass is 9.94. The summed E-state index contributed by atoms with van der Waals surface area (Å²) in [6.45, 7) is 14.0. The third-order valence-corrected chi connectivity index (χ3v) is 13.0. The van der Waals surface area contributed by atoms with Gasteiger partial charge in [0, 0.05) is 41.5 Å². The summed E-state index contributed by atoms with van der Waals surface area (Å²) < 4.78 is 33.1. The number of thiophene rings is 1. The molecule has 0 bridgehead atoms. The Labute approximate surface area is 391 Å². The molecule has 0 aliphatic carbocycles. The number of carboxylic acid groups (broad SMARTS) is 1. The minimum Gasteiger partial charge on any atom is -0.481 e. The van der Waals surface area contributed by atoms with Gasteiger partial charge in [-0.2, -0.15) is 8.42 Å². The number of nitrogens with one attached hydrogen (secondary N) is 5. The van der Waals surface area contributed by atoms with Gasteiger partial charge in [0.15, 0.2) is 0 Å². The summed E-state index contributed by atoms with van der Waals surface area (Å²) in [5, 5.41) is 26.3. The maximum Gasteiger partial charge on any atom is 0.303 e. The molecule has 7 N–H and O–H groups in total. The van der Waals surface area contributed by atoms with E-state index < -0.39 is 97.9 Å². The van der Waals surface area contributed by atoms with Crippen LogP contribution in [0.1, 0.15) is 117 Å². The fraction of sp³-hybridized carbons (Fsp3) is 0.553. The molecule has 6 amide bonds. The number of rotatable bonds is 21. The molecule has 1 aliphatic rings. The second kappa shape index (κ2) is 22.4. The lowest BCUT2D eigenvalue weighted by Gasteiger charge is -2.37. The van der Waals surface area contributed by atoms with Crippen LogP contribution in [-0.2, 0) is 62.3 Å². The van der Waals surface area contributed by atoms with E-state index in [-0.39, 0.29) is 51.5 Å². The van der Waals surface area contributed by atoms with Crippen molar-refractivity contribution in [1.29, 1.82) is 0 Å². The summed E-state index contributed by atoms with van der Waals surface area (Å²) in [7, 11) is -4.28. The molecule has 1 fully saturated rings. The van der Waals surface area contributed by atoms with Crippen molar-refractivity contribution in [3.05, 3.63) is 70.6 Å². The lowest BCUT2D eigenvalue weighted by Crippen LogP contribution is -2.63. The smallest absolute Gasteiger partial charge is 0.303 e. The summed E-state index contributed by atoms with van der Waals surface area (Å²) in [6, 6.07) is 9.16. The van der Waals surface area contributed by atoms with Crippen LogP contribution in [0.2, 0.25) is 0 Å². The predicted molar refractivity (Wildman–Crippen MR) is 252 cm³/mol. The van der Waals surface area contributed by atoms with Crippen molar-refractivity contribution in [3.63, 3.8) is 0 Å². The van der Waals surface area contributed by atoms with Gasteiger partial charge in [-0.3, -0.25) is 38.1 Å². The van der Waals surface area contributed by atoms with Gasteiger partial charge in [-0.05, 0) is 93.3 Å². The molecule has 0 spiro atoms. The molecule has 1 aliphatic heterocycles. The van der Waals surface area contributed by atoms with Crippen molar-refractivity contribution in [3.8, 4) is 0 Å². The van der Waals surface area contributed by atoms with Crippen LogP contribution >= 0.6 is 11.3 Å². The van der Waals surface area contributed by atoms with E-state index in [0.29, 0.717) is 24.0 Å². The molecule has 5 atom stereocenters. The summed E-state index contributed by atoms with van der Waals surface area (Å²) in [5.74, 6) is -5.06. The Morgan fingerprint density at radius 3 is 1.98 bits per heavy atom. The first-order valence-corrected chi connectivity index (χ1v) is 24.8. The van der Waals surface area contributed by atoms with Crippen molar-refractivity contribution in [2.45, 2.75) is 154 Å². The molecule has 1 saturated heterocycles. The topological polar surface area (TPSA) is 257 Å². The minimum absolute atomic E-state index is 0.0160. The highest BCUT2D eigenvalue weighted by atomic mass is 32.2. The maximum atomic E-state index is 14.7. The molecule has 362 valence electrons. The molecule has 4 rings (SSSR count). The number of amides is 6. The van der Waals surface area contributed by atoms with E-state index in [1.54, 1.807) is 60.6 Å². The van der Waals surface area contributed by atoms with E-state index in [1.807, 2.05) is 36.6 Å². The molecular weight excluding hydrogens is 889 g/mol. The Balaban J connectivity index is 1.61. The van der Waals surface area contributed by atoms with Gasteiger partial charge < -0.3 is 36.6 Å². The lowest BCUT2D eigenvalue weighted by molar-refractivity contribution is -0.147. The highest BCUT2D eigenvalue weighted by molar-refractivity contribution is 7.85. The van der Waals surface area contributed by atoms with Gasteiger partial charge >= 0.3 is 5.97 Å². The Morgan fingerprint density at radius 1 is 0.788 bits per heavy atom. The van der Waals surface area contributed by atoms with Crippen LogP contribution in [0.15, 0.2) is 53.9 Å². The first-order chi connectivity index (χ1) is 30.7. The van der Waals surface area contributed by atoms with Crippen molar-refractivity contribution >= 4 is 73.0 Å². The van der Waals surface area contributed by atoms with Gasteiger partial charge in [-0.25, -0.2) is 0 Å². The second-order valence-electron chi connectivity index (χ2n) is 19.3. The number of likely N-dealkylation sites (tertiary alicyclic amines) is 1. The summed E-state index contributed by atoms with van der Waals surface area (Å²) in [5.41, 5.74) is -1.36. The fourth-order valence-electron chi connectivity index (χ4n) is 7.75. The van der Waals surface area contributed by atoms with Crippen molar-refractivity contribution in [1.82, 2.24) is 31.5 Å². The summed E-state index contributed by atoms with van der Waals surface area (Å²) in [6.07, 6.45) is 1.25. The van der Waals surface area contributed by atoms with Crippen molar-refractivity contribution in [2.75, 3.05) is 6.54 Å². The minimum atomic E-state index is -4.28. The number of aliphatic carboxylic acids is 1. The number of hydrogen-bond acceptors (Lipinski definition) is 10. The van der Waals surface area contributed by atoms with Crippen LogP contribution in [0.4, 0.5) is 0 Å². The van der Waals surface area contributed by atoms with Crippen LogP contribution in [0, 0.1) is 5.41 Å². The second-order valence-corrected chi connectivity index (χ2v) is 21.7. The van der Waals surface area contributed by atoms with E-state index in [9.17, 15) is 51.6 Å². The van der Waals surface area contributed by atoms with E-state index >= 15 is 0 Å². The summed E-state index contributed by atoms with van der Waals surface area (Å²) >= 11 is 1.47. The Bertz CT molecular complexity index is 2350. The van der Waals surface area contributed by atoms with Gasteiger partial charge in [0.05, 0.1) is 0 Å². The number of carbonyl (C=O) groups excluding carboxylic acids is 6. The van der Waals surface area contributed by atoms with Crippen molar-refractivity contribution < 1.29 is 51.6 Å². The molecule has 1 aromatic heterocycles. The molecule has 0 radical (unpaired) electrons. The number of nitrogens with zero attached hydrogens (tertiary/aromatic N) is 1. The quantitative estimate of drug-likeness (QED) is 0.0736. The molecule has 19 heteroatoms. The SMILES string of the molecule is CCC[C@H](NC(=O)[C@H](Cc1ccc(CS(=O)(=O)O)cc1)NC(=O)C(C)(C)C)C(=O)N1CCC[C@@]1(C)C(=O)N[C@@H](Cc1csc2ccccc12)C(=O)N[C@@H](CCCC(=O)O)C(=O)NC(C)(C)C. The molecular formula is C47H66N6O11S2.